The minimum absolute atomic E-state index is 0.0430. The lowest BCUT2D eigenvalue weighted by atomic mass is 10.0. The molecule has 0 rings (SSSR count). The van der Waals surface area contributed by atoms with Crippen molar-refractivity contribution in [2.75, 3.05) is 6.61 Å². The molecule has 0 heterocycles. The molecule has 0 saturated carbocycles. The molecule has 0 aromatic rings. The lowest BCUT2D eigenvalue weighted by molar-refractivity contribution is -0.125. The maximum Gasteiger partial charge on any atom is 0.222 e. The van der Waals surface area contributed by atoms with Crippen LogP contribution in [-0.2, 0) is 4.79 Å². The van der Waals surface area contributed by atoms with Crippen molar-refractivity contribution in [1.29, 1.82) is 0 Å². The molecule has 5 heteroatoms. The SMILES string of the molecule is CCCCCCCCCCCCCCCCCCCCCCCCCC(O)CC(=O)NC(CO)C(O)CCCCCCCCCCCCCCCC. The third-order valence-corrected chi connectivity index (χ3v) is 11.4. The first-order valence-electron chi connectivity index (χ1n) is 23.8. The van der Waals surface area contributed by atoms with Crippen LogP contribution in [-0.4, -0.2) is 46.1 Å². The van der Waals surface area contributed by atoms with Gasteiger partial charge in [-0.25, -0.2) is 0 Å². The second-order valence-corrected chi connectivity index (χ2v) is 16.7. The number of aliphatic hydroxyl groups is 3. The number of carbonyl (C=O) groups is 1. The first-order chi connectivity index (χ1) is 25.5. The molecule has 0 aromatic carbocycles. The fourth-order valence-corrected chi connectivity index (χ4v) is 7.76. The molecule has 3 atom stereocenters. The van der Waals surface area contributed by atoms with E-state index in [2.05, 4.69) is 19.2 Å². The lowest BCUT2D eigenvalue weighted by Crippen LogP contribution is -2.46. The maximum absolute atomic E-state index is 12.5. The van der Waals surface area contributed by atoms with Crippen molar-refractivity contribution in [2.24, 2.45) is 0 Å². The molecule has 3 unspecified atom stereocenters. The third kappa shape index (κ3) is 39.1. The Kier molecular flexibility index (Phi) is 42.5. The van der Waals surface area contributed by atoms with Crippen LogP contribution >= 0.6 is 0 Å². The highest BCUT2D eigenvalue weighted by Gasteiger charge is 2.21. The molecule has 5 nitrogen and oxygen atoms in total. The second-order valence-electron chi connectivity index (χ2n) is 16.7. The van der Waals surface area contributed by atoms with Crippen molar-refractivity contribution in [1.82, 2.24) is 5.32 Å². The number of hydrogen-bond acceptors (Lipinski definition) is 4. The molecule has 0 fully saturated rings. The van der Waals surface area contributed by atoms with E-state index in [1.54, 1.807) is 0 Å². The molecule has 52 heavy (non-hydrogen) atoms. The first-order valence-corrected chi connectivity index (χ1v) is 23.8. The Balaban J connectivity index is 3.52. The number of carbonyl (C=O) groups excluding carboxylic acids is 1. The quantitative estimate of drug-likeness (QED) is 0.0469. The molecule has 0 radical (unpaired) electrons. The molecule has 0 aliphatic rings. The number of nitrogens with one attached hydrogen (secondary N) is 1. The highest BCUT2D eigenvalue weighted by atomic mass is 16.3. The summed E-state index contributed by atoms with van der Waals surface area (Å²) in [6.07, 6.45) is 49.4. The van der Waals surface area contributed by atoms with Crippen molar-refractivity contribution < 1.29 is 20.1 Å². The van der Waals surface area contributed by atoms with Crippen molar-refractivity contribution in [2.45, 2.75) is 289 Å². The summed E-state index contributed by atoms with van der Waals surface area (Å²) >= 11 is 0. The van der Waals surface area contributed by atoms with Gasteiger partial charge in [-0.3, -0.25) is 4.79 Å². The Bertz CT molecular complexity index is 688. The number of aliphatic hydroxyl groups excluding tert-OH is 3. The fraction of sp³-hybridized carbons (Fsp3) is 0.979. The van der Waals surface area contributed by atoms with Gasteiger partial charge in [-0.1, -0.05) is 251 Å². The predicted molar refractivity (Wildman–Crippen MR) is 227 cm³/mol. The van der Waals surface area contributed by atoms with Crippen LogP contribution in [0.1, 0.15) is 271 Å². The average Bonchev–Trinajstić information content (AvgIpc) is 3.14. The molecule has 312 valence electrons. The van der Waals surface area contributed by atoms with E-state index in [0.717, 1.165) is 25.7 Å². The van der Waals surface area contributed by atoms with Crippen LogP contribution in [0.25, 0.3) is 0 Å². The van der Waals surface area contributed by atoms with Crippen LogP contribution in [0.15, 0.2) is 0 Å². The van der Waals surface area contributed by atoms with Gasteiger partial charge in [0.05, 0.1) is 31.3 Å². The Labute approximate surface area is 326 Å². The van der Waals surface area contributed by atoms with Gasteiger partial charge in [0.15, 0.2) is 0 Å². The number of rotatable bonds is 44. The summed E-state index contributed by atoms with van der Waals surface area (Å²) in [5, 5.41) is 33.4. The summed E-state index contributed by atoms with van der Waals surface area (Å²) in [5.74, 6) is -0.277. The molecule has 1 amide bonds. The van der Waals surface area contributed by atoms with Gasteiger partial charge in [0, 0.05) is 0 Å². The first kappa shape index (κ1) is 51.4. The maximum atomic E-state index is 12.5. The molecule has 0 aliphatic heterocycles. The third-order valence-electron chi connectivity index (χ3n) is 11.4. The topological polar surface area (TPSA) is 89.8 Å². The molecular weight excluding hydrogens is 643 g/mol. The van der Waals surface area contributed by atoms with Crippen LogP contribution in [0.2, 0.25) is 0 Å². The largest absolute Gasteiger partial charge is 0.394 e. The van der Waals surface area contributed by atoms with E-state index < -0.39 is 18.2 Å². The highest BCUT2D eigenvalue weighted by molar-refractivity contribution is 5.76. The Hall–Kier alpha value is -0.650. The summed E-state index contributed by atoms with van der Waals surface area (Å²) in [6, 6.07) is -0.652. The second kappa shape index (κ2) is 43.1. The normalized spacial score (nSPS) is 13.4. The van der Waals surface area contributed by atoms with E-state index in [-0.39, 0.29) is 18.9 Å². The van der Waals surface area contributed by atoms with Crippen LogP contribution in [0.3, 0.4) is 0 Å². The summed E-state index contributed by atoms with van der Waals surface area (Å²) in [4.78, 5) is 12.5. The van der Waals surface area contributed by atoms with Gasteiger partial charge in [-0.15, -0.1) is 0 Å². The van der Waals surface area contributed by atoms with Crippen molar-refractivity contribution in [3.05, 3.63) is 0 Å². The van der Waals surface area contributed by atoms with E-state index in [0.29, 0.717) is 12.8 Å². The molecule has 0 aliphatic carbocycles. The van der Waals surface area contributed by atoms with Gasteiger partial charge in [-0.2, -0.15) is 0 Å². The van der Waals surface area contributed by atoms with Gasteiger partial charge >= 0.3 is 0 Å². The molecule has 4 N–H and O–H groups in total. The Morgan fingerprint density at radius 2 is 0.654 bits per heavy atom. The molecule has 0 bridgehead atoms. The van der Waals surface area contributed by atoms with E-state index >= 15 is 0 Å². The highest BCUT2D eigenvalue weighted by Crippen LogP contribution is 2.17. The van der Waals surface area contributed by atoms with Crippen molar-refractivity contribution in [3.8, 4) is 0 Å². The predicted octanol–water partition coefficient (Wildman–Crippen LogP) is 13.8. The minimum atomic E-state index is -0.743. The van der Waals surface area contributed by atoms with Gasteiger partial charge in [0.2, 0.25) is 5.91 Å². The standard InChI is InChI=1S/C47H95NO4/c1-3-5-7-9-11-13-15-17-19-20-21-22-23-24-25-26-27-28-30-32-34-36-38-40-44(50)42-47(52)48-45(43-49)46(51)41-39-37-35-33-31-29-18-16-14-12-10-8-6-4-2/h44-46,49-51H,3-43H2,1-2H3,(H,48,52). The molecular formula is C47H95NO4. The van der Waals surface area contributed by atoms with Crippen LogP contribution < -0.4 is 5.32 Å². The summed E-state index contributed by atoms with van der Waals surface area (Å²) in [7, 11) is 0. The molecule has 0 saturated heterocycles. The minimum Gasteiger partial charge on any atom is -0.394 e. The van der Waals surface area contributed by atoms with Crippen LogP contribution in [0, 0.1) is 0 Å². The number of hydrogen-bond donors (Lipinski definition) is 4. The van der Waals surface area contributed by atoms with E-state index in [1.165, 1.54) is 212 Å². The molecule has 0 spiro atoms. The van der Waals surface area contributed by atoms with Crippen LogP contribution in [0.4, 0.5) is 0 Å². The van der Waals surface area contributed by atoms with Crippen molar-refractivity contribution >= 4 is 5.91 Å². The van der Waals surface area contributed by atoms with Gasteiger partial charge in [0.1, 0.15) is 0 Å². The van der Waals surface area contributed by atoms with Crippen molar-refractivity contribution in [3.63, 3.8) is 0 Å². The van der Waals surface area contributed by atoms with Gasteiger partial charge < -0.3 is 20.6 Å². The number of amides is 1. The van der Waals surface area contributed by atoms with E-state index in [9.17, 15) is 20.1 Å². The Morgan fingerprint density at radius 1 is 0.404 bits per heavy atom. The summed E-state index contributed by atoms with van der Waals surface area (Å²) in [5.41, 5.74) is 0. The van der Waals surface area contributed by atoms with E-state index in [4.69, 9.17) is 0 Å². The summed E-state index contributed by atoms with van der Waals surface area (Å²) in [6.45, 7) is 4.29. The zero-order valence-corrected chi connectivity index (χ0v) is 35.5. The lowest BCUT2D eigenvalue weighted by Gasteiger charge is -2.23. The number of unbranched alkanes of at least 4 members (excludes halogenated alkanes) is 35. The van der Waals surface area contributed by atoms with E-state index in [1.807, 2.05) is 0 Å². The summed E-state index contributed by atoms with van der Waals surface area (Å²) < 4.78 is 0. The van der Waals surface area contributed by atoms with Gasteiger partial charge in [0.25, 0.3) is 0 Å². The fourth-order valence-electron chi connectivity index (χ4n) is 7.76. The average molecular weight is 738 g/mol. The molecule has 0 aromatic heterocycles. The Morgan fingerprint density at radius 3 is 0.923 bits per heavy atom. The zero-order chi connectivity index (χ0) is 38.0. The smallest absolute Gasteiger partial charge is 0.222 e. The zero-order valence-electron chi connectivity index (χ0n) is 35.5. The monoisotopic (exact) mass is 738 g/mol. The van der Waals surface area contributed by atoms with Crippen LogP contribution in [0.5, 0.6) is 0 Å². The van der Waals surface area contributed by atoms with Gasteiger partial charge in [-0.05, 0) is 12.8 Å².